The zero-order valence-electron chi connectivity index (χ0n) is 18.4. The van der Waals surface area contributed by atoms with E-state index in [9.17, 15) is 9.59 Å². The predicted molar refractivity (Wildman–Crippen MR) is 127 cm³/mol. The average Bonchev–Trinajstić information content (AvgIpc) is 2.65. The molecule has 162 valence electrons. The molecule has 2 amide bonds. The summed E-state index contributed by atoms with van der Waals surface area (Å²) in [6.07, 6.45) is 0. The molecule has 0 heterocycles. The van der Waals surface area contributed by atoms with E-state index in [1.54, 1.807) is 11.8 Å². The fourth-order valence-electron chi connectivity index (χ4n) is 2.99. The number of amides is 2. The predicted octanol–water partition coefficient (Wildman–Crippen LogP) is 5.21. The molecule has 2 aromatic carbocycles. The van der Waals surface area contributed by atoms with Crippen molar-refractivity contribution in [1.29, 1.82) is 0 Å². The quantitative estimate of drug-likeness (QED) is 0.605. The van der Waals surface area contributed by atoms with Crippen LogP contribution in [0.5, 0.6) is 0 Å². The maximum absolute atomic E-state index is 13.1. The number of benzene rings is 2. The van der Waals surface area contributed by atoms with Crippen molar-refractivity contribution in [1.82, 2.24) is 10.2 Å². The summed E-state index contributed by atoms with van der Waals surface area (Å²) in [5, 5.41) is 3.68. The van der Waals surface area contributed by atoms with Gasteiger partial charge in [0, 0.05) is 22.9 Å². The van der Waals surface area contributed by atoms with Gasteiger partial charge in [-0.1, -0.05) is 48.0 Å². The fraction of sp³-hybridized carbons (Fsp3) is 0.417. The number of hydrogen-bond donors (Lipinski definition) is 1. The molecule has 2 rings (SSSR count). The third-order valence-corrected chi connectivity index (χ3v) is 5.87. The van der Waals surface area contributed by atoms with Gasteiger partial charge in [0.05, 0.1) is 5.75 Å². The summed E-state index contributed by atoms with van der Waals surface area (Å²) >= 11 is 7.57. The number of carbonyl (C=O) groups is 2. The highest BCUT2D eigenvalue weighted by molar-refractivity contribution is 7.99. The Kier molecular flexibility index (Phi) is 8.80. The zero-order valence-corrected chi connectivity index (χ0v) is 19.9. The van der Waals surface area contributed by atoms with Crippen molar-refractivity contribution in [2.24, 2.45) is 0 Å². The summed E-state index contributed by atoms with van der Waals surface area (Å²) in [6.45, 7) is 10.0. The Labute approximate surface area is 189 Å². The molecule has 2 aromatic rings. The molecule has 0 aliphatic rings. The van der Waals surface area contributed by atoms with Gasteiger partial charge in [0.25, 0.3) is 0 Å². The van der Waals surface area contributed by atoms with Crippen LogP contribution in [0.4, 0.5) is 0 Å². The Balaban J connectivity index is 2.11. The highest BCUT2D eigenvalue weighted by atomic mass is 35.5. The van der Waals surface area contributed by atoms with Crippen LogP contribution < -0.4 is 5.32 Å². The van der Waals surface area contributed by atoms with Crippen LogP contribution in [0.15, 0.2) is 48.5 Å². The molecule has 0 saturated carbocycles. The summed E-state index contributed by atoms with van der Waals surface area (Å²) in [6, 6.07) is 15.0. The van der Waals surface area contributed by atoms with Gasteiger partial charge in [-0.05, 0) is 63.4 Å². The summed E-state index contributed by atoms with van der Waals surface area (Å²) in [4.78, 5) is 27.6. The SMILES string of the molecule is Cc1ccccc1CN(C(=O)CSCc1cccc(Cl)c1)[C@@H](C)C(=O)NC(C)(C)C. The van der Waals surface area contributed by atoms with E-state index in [0.717, 1.165) is 16.7 Å². The second-order valence-corrected chi connectivity index (χ2v) is 9.91. The van der Waals surface area contributed by atoms with E-state index in [1.807, 2.05) is 76.2 Å². The topological polar surface area (TPSA) is 49.4 Å². The number of halogens is 1. The number of thioether (sulfide) groups is 1. The molecule has 0 unspecified atom stereocenters. The van der Waals surface area contributed by atoms with Crippen molar-refractivity contribution < 1.29 is 9.59 Å². The van der Waals surface area contributed by atoms with Crippen LogP contribution in [0, 0.1) is 6.92 Å². The maximum Gasteiger partial charge on any atom is 0.242 e. The Morgan fingerprint density at radius 1 is 1.13 bits per heavy atom. The van der Waals surface area contributed by atoms with Crippen molar-refractivity contribution in [3.05, 3.63) is 70.2 Å². The second-order valence-electron chi connectivity index (χ2n) is 8.49. The molecular weight excluding hydrogens is 416 g/mol. The van der Waals surface area contributed by atoms with Gasteiger partial charge in [0.2, 0.25) is 11.8 Å². The van der Waals surface area contributed by atoms with Crippen molar-refractivity contribution in [3.63, 3.8) is 0 Å². The van der Waals surface area contributed by atoms with Crippen LogP contribution in [-0.4, -0.2) is 34.0 Å². The van der Waals surface area contributed by atoms with Crippen molar-refractivity contribution in [3.8, 4) is 0 Å². The van der Waals surface area contributed by atoms with Gasteiger partial charge in [0.1, 0.15) is 6.04 Å². The monoisotopic (exact) mass is 446 g/mol. The Morgan fingerprint density at radius 3 is 2.47 bits per heavy atom. The first-order valence-corrected chi connectivity index (χ1v) is 11.6. The molecule has 0 radical (unpaired) electrons. The van der Waals surface area contributed by atoms with Crippen LogP contribution in [-0.2, 0) is 21.9 Å². The van der Waals surface area contributed by atoms with Gasteiger partial charge in [-0.15, -0.1) is 11.8 Å². The van der Waals surface area contributed by atoms with Gasteiger partial charge >= 0.3 is 0 Å². The molecule has 0 aliphatic heterocycles. The molecule has 0 fully saturated rings. The second kappa shape index (κ2) is 10.9. The molecule has 0 aliphatic carbocycles. The molecule has 0 bridgehead atoms. The van der Waals surface area contributed by atoms with E-state index < -0.39 is 6.04 Å². The first-order valence-electron chi connectivity index (χ1n) is 10.0. The smallest absolute Gasteiger partial charge is 0.242 e. The standard InChI is InChI=1S/C24H31ClN2O2S/c1-17-9-6-7-11-20(17)14-27(18(2)23(29)26-24(3,4)5)22(28)16-30-15-19-10-8-12-21(25)13-19/h6-13,18H,14-16H2,1-5H3,(H,26,29)/t18-/m0/s1. The van der Waals surface area contributed by atoms with Crippen molar-refractivity contribution in [2.75, 3.05) is 5.75 Å². The number of carbonyl (C=O) groups excluding carboxylic acids is 2. The Bertz CT molecular complexity index is 880. The normalized spacial score (nSPS) is 12.3. The Hall–Kier alpha value is -1.98. The largest absolute Gasteiger partial charge is 0.350 e. The molecule has 4 nitrogen and oxygen atoms in total. The van der Waals surface area contributed by atoms with Crippen molar-refractivity contribution >= 4 is 35.2 Å². The molecule has 1 N–H and O–H groups in total. The summed E-state index contributed by atoms with van der Waals surface area (Å²) in [5.74, 6) is 0.782. The number of nitrogens with zero attached hydrogens (tertiary/aromatic N) is 1. The van der Waals surface area contributed by atoms with Crippen LogP contribution in [0.1, 0.15) is 44.4 Å². The van der Waals surface area contributed by atoms with E-state index in [1.165, 1.54) is 11.8 Å². The fourth-order valence-corrected chi connectivity index (χ4v) is 4.06. The zero-order chi connectivity index (χ0) is 22.3. The minimum atomic E-state index is -0.567. The Morgan fingerprint density at radius 2 is 1.83 bits per heavy atom. The third-order valence-electron chi connectivity index (χ3n) is 4.65. The lowest BCUT2D eigenvalue weighted by Crippen LogP contribution is -2.52. The van der Waals surface area contributed by atoms with E-state index in [-0.39, 0.29) is 17.4 Å². The van der Waals surface area contributed by atoms with E-state index in [2.05, 4.69) is 5.32 Å². The summed E-state index contributed by atoms with van der Waals surface area (Å²) in [5.41, 5.74) is 2.86. The number of rotatable bonds is 8. The average molecular weight is 447 g/mol. The number of aryl methyl sites for hydroxylation is 1. The van der Waals surface area contributed by atoms with E-state index in [0.29, 0.717) is 23.1 Å². The van der Waals surface area contributed by atoms with Gasteiger partial charge in [-0.2, -0.15) is 0 Å². The first-order chi connectivity index (χ1) is 14.1. The van der Waals surface area contributed by atoms with E-state index in [4.69, 9.17) is 11.6 Å². The van der Waals surface area contributed by atoms with Gasteiger partial charge in [0.15, 0.2) is 0 Å². The lowest BCUT2D eigenvalue weighted by molar-refractivity contribution is -0.139. The molecule has 0 aromatic heterocycles. The van der Waals surface area contributed by atoms with E-state index >= 15 is 0 Å². The third kappa shape index (κ3) is 7.69. The lowest BCUT2D eigenvalue weighted by Gasteiger charge is -2.31. The molecule has 0 saturated heterocycles. The highest BCUT2D eigenvalue weighted by Crippen LogP contribution is 2.19. The number of hydrogen-bond acceptors (Lipinski definition) is 3. The molecule has 30 heavy (non-hydrogen) atoms. The summed E-state index contributed by atoms with van der Waals surface area (Å²) in [7, 11) is 0. The highest BCUT2D eigenvalue weighted by Gasteiger charge is 2.28. The first kappa shape index (κ1) is 24.3. The molecular formula is C24H31ClN2O2S. The van der Waals surface area contributed by atoms with Gasteiger partial charge in [-0.25, -0.2) is 0 Å². The summed E-state index contributed by atoms with van der Waals surface area (Å²) < 4.78 is 0. The van der Waals surface area contributed by atoms with Gasteiger partial charge < -0.3 is 10.2 Å². The molecule has 1 atom stereocenters. The minimum Gasteiger partial charge on any atom is -0.350 e. The minimum absolute atomic E-state index is 0.0539. The van der Waals surface area contributed by atoms with Crippen LogP contribution >= 0.6 is 23.4 Å². The van der Waals surface area contributed by atoms with Gasteiger partial charge in [-0.3, -0.25) is 9.59 Å². The van der Waals surface area contributed by atoms with Crippen LogP contribution in [0.25, 0.3) is 0 Å². The maximum atomic E-state index is 13.1. The van der Waals surface area contributed by atoms with Crippen LogP contribution in [0.2, 0.25) is 5.02 Å². The van der Waals surface area contributed by atoms with Crippen LogP contribution in [0.3, 0.4) is 0 Å². The lowest BCUT2D eigenvalue weighted by atomic mass is 10.1. The molecule has 0 spiro atoms. The van der Waals surface area contributed by atoms with Crippen molar-refractivity contribution in [2.45, 2.75) is 58.5 Å². The molecule has 6 heteroatoms. The number of nitrogens with one attached hydrogen (secondary N) is 1.